The first-order valence-electron chi connectivity index (χ1n) is 5.52. The minimum atomic E-state index is -0.227. The highest BCUT2D eigenvalue weighted by molar-refractivity contribution is 5.75. The number of hydrogen-bond donors (Lipinski definition) is 2. The third-order valence-corrected chi connectivity index (χ3v) is 2.46. The van der Waals surface area contributed by atoms with Crippen molar-refractivity contribution in [1.82, 2.24) is 15.3 Å². The summed E-state index contributed by atoms with van der Waals surface area (Å²) in [5, 5.41) is 2.75. The highest BCUT2D eigenvalue weighted by atomic mass is 16.5. The van der Waals surface area contributed by atoms with Crippen LogP contribution in [-0.4, -0.2) is 36.1 Å². The molecule has 0 radical (unpaired) electrons. The number of benzene rings is 1. The van der Waals surface area contributed by atoms with Gasteiger partial charge in [0.25, 0.3) is 0 Å². The Morgan fingerprint density at radius 2 is 2.41 bits per heavy atom. The van der Waals surface area contributed by atoms with Crippen LogP contribution in [0.1, 0.15) is 5.56 Å². The average molecular weight is 233 g/mol. The van der Waals surface area contributed by atoms with Crippen LogP contribution in [0.4, 0.5) is 0 Å². The molecule has 0 aliphatic carbocycles. The van der Waals surface area contributed by atoms with E-state index < -0.39 is 0 Å². The molecule has 1 aromatic carbocycles. The predicted molar refractivity (Wildman–Crippen MR) is 64.7 cm³/mol. The van der Waals surface area contributed by atoms with Crippen molar-refractivity contribution in [1.29, 1.82) is 0 Å². The van der Waals surface area contributed by atoms with Crippen LogP contribution >= 0.6 is 0 Å². The first-order chi connectivity index (χ1) is 8.29. The molecule has 2 aromatic rings. The molecule has 0 atom stereocenters. The summed E-state index contributed by atoms with van der Waals surface area (Å²) < 4.78 is 5.05. The number of fused-ring (bicyclic) bond motifs is 1. The van der Waals surface area contributed by atoms with Crippen LogP contribution in [0.25, 0.3) is 11.0 Å². The van der Waals surface area contributed by atoms with Crippen LogP contribution < -0.4 is 5.32 Å². The van der Waals surface area contributed by atoms with E-state index in [1.54, 1.807) is 13.4 Å². The molecule has 90 valence electrons. The summed E-state index contributed by atoms with van der Waals surface area (Å²) in [6.45, 7) is 0.653. The Labute approximate surface area is 99.2 Å². The molecule has 0 unspecified atom stereocenters. The molecule has 17 heavy (non-hydrogen) atoms. The number of H-pyrrole nitrogens is 1. The molecule has 0 spiro atoms. The van der Waals surface area contributed by atoms with Crippen LogP contribution in [0.15, 0.2) is 24.5 Å². The van der Waals surface area contributed by atoms with Crippen molar-refractivity contribution < 1.29 is 9.53 Å². The lowest BCUT2D eigenvalue weighted by Gasteiger charge is -2.04. The topological polar surface area (TPSA) is 67.0 Å². The Bertz CT molecular complexity index is 507. The fraction of sp³-hybridized carbons (Fsp3) is 0.333. The smallest absolute Gasteiger partial charge is 0.319 e. The molecule has 5 heteroatoms. The van der Waals surface area contributed by atoms with Gasteiger partial charge in [0, 0.05) is 6.42 Å². The Morgan fingerprint density at radius 1 is 1.53 bits per heavy atom. The number of aromatic amines is 1. The van der Waals surface area contributed by atoms with Crippen molar-refractivity contribution >= 4 is 17.0 Å². The summed E-state index contributed by atoms with van der Waals surface area (Å²) in [4.78, 5) is 18.3. The fourth-order valence-electron chi connectivity index (χ4n) is 1.62. The van der Waals surface area contributed by atoms with Crippen LogP contribution in [0.3, 0.4) is 0 Å². The van der Waals surface area contributed by atoms with Gasteiger partial charge in [0.15, 0.2) is 0 Å². The summed E-state index contributed by atoms with van der Waals surface area (Å²) in [6.07, 6.45) is 2.38. The Hall–Kier alpha value is -1.88. The SMILES string of the molecule is CNCC(=O)OCCc1ccc2nc[nH]c2c1. The number of aromatic nitrogens is 2. The zero-order chi connectivity index (χ0) is 12.1. The lowest BCUT2D eigenvalue weighted by molar-refractivity contribution is -0.142. The molecule has 1 aromatic heterocycles. The van der Waals surface area contributed by atoms with Crippen molar-refractivity contribution in [2.75, 3.05) is 20.2 Å². The second-order valence-corrected chi connectivity index (χ2v) is 3.75. The number of carbonyl (C=O) groups excluding carboxylic acids is 1. The van der Waals surface area contributed by atoms with Gasteiger partial charge in [-0.25, -0.2) is 4.98 Å². The number of esters is 1. The summed E-state index contributed by atoms with van der Waals surface area (Å²) >= 11 is 0. The third-order valence-electron chi connectivity index (χ3n) is 2.46. The highest BCUT2D eigenvalue weighted by Gasteiger charge is 2.02. The normalized spacial score (nSPS) is 10.6. The van der Waals surface area contributed by atoms with Gasteiger partial charge in [-0.2, -0.15) is 0 Å². The van der Waals surface area contributed by atoms with Crippen LogP contribution in [0.2, 0.25) is 0 Å². The monoisotopic (exact) mass is 233 g/mol. The van der Waals surface area contributed by atoms with E-state index in [1.165, 1.54) is 0 Å². The molecule has 0 amide bonds. The van der Waals surface area contributed by atoms with Crippen molar-refractivity contribution in [2.24, 2.45) is 0 Å². The lowest BCUT2D eigenvalue weighted by atomic mass is 10.1. The summed E-state index contributed by atoms with van der Waals surface area (Å²) in [5.74, 6) is -0.227. The Morgan fingerprint density at radius 3 is 3.24 bits per heavy atom. The number of imidazole rings is 1. The number of carbonyl (C=O) groups is 1. The zero-order valence-electron chi connectivity index (χ0n) is 9.69. The van der Waals surface area contributed by atoms with E-state index in [0.717, 1.165) is 16.6 Å². The van der Waals surface area contributed by atoms with E-state index in [0.29, 0.717) is 13.0 Å². The molecule has 0 saturated carbocycles. The van der Waals surface area contributed by atoms with Gasteiger partial charge in [0.05, 0.1) is 30.5 Å². The fourth-order valence-corrected chi connectivity index (χ4v) is 1.62. The predicted octanol–water partition coefficient (Wildman–Crippen LogP) is 0.868. The van der Waals surface area contributed by atoms with Crippen LogP contribution in [0.5, 0.6) is 0 Å². The van der Waals surface area contributed by atoms with E-state index in [-0.39, 0.29) is 12.5 Å². The molecule has 2 N–H and O–H groups in total. The van der Waals surface area contributed by atoms with Crippen molar-refractivity contribution in [3.05, 3.63) is 30.1 Å². The number of rotatable bonds is 5. The maximum atomic E-state index is 11.1. The quantitative estimate of drug-likeness (QED) is 0.752. The Kier molecular flexibility index (Phi) is 3.72. The Balaban J connectivity index is 1.88. The van der Waals surface area contributed by atoms with E-state index in [1.807, 2.05) is 18.2 Å². The maximum absolute atomic E-state index is 11.1. The van der Waals surface area contributed by atoms with Crippen molar-refractivity contribution in [2.45, 2.75) is 6.42 Å². The molecule has 0 saturated heterocycles. The van der Waals surface area contributed by atoms with E-state index in [2.05, 4.69) is 15.3 Å². The second-order valence-electron chi connectivity index (χ2n) is 3.75. The molecule has 2 rings (SSSR count). The molecule has 1 heterocycles. The second kappa shape index (κ2) is 5.45. The molecular formula is C12H15N3O2. The summed E-state index contributed by atoms with van der Waals surface area (Å²) in [7, 11) is 1.72. The first-order valence-corrected chi connectivity index (χ1v) is 5.52. The number of hydrogen-bond acceptors (Lipinski definition) is 4. The first kappa shape index (κ1) is 11.6. The molecule has 0 aliphatic rings. The third kappa shape index (κ3) is 3.04. The van der Waals surface area contributed by atoms with Gasteiger partial charge in [-0.05, 0) is 24.7 Å². The maximum Gasteiger partial charge on any atom is 0.319 e. The van der Waals surface area contributed by atoms with Gasteiger partial charge >= 0.3 is 5.97 Å². The number of ether oxygens (including phenoxy) is 1. The standard InChI is InChI=1S/C12H15N3O2/c1-13-7-12(16)17-5-4-9-2-3-10-11(6-9)15-8-14-10/h2-3,6,8,13H,4-5,7H2,1H3,(H,14,15). The summed E-state index contributed by atoms with van der Waals surface area (Å²) in [5.41, 5.74) is 3.07. The number of likely N-dealkylation sites (N-methyl/N-ethyl adjacent to an activating group) is 1. The largest absolute Gasteiger partial charge is 0.464 e. The van der Waals surface area contributed by atoms with Gasteiger partial charge in [-0.15, -0.1) is 0 Å². The molecule has 0 bridgehead atoms. The number of nitrogens with zero attached hydrogens (tertiary/aromatic N) is 1. The molecule has 0 fully saturated rings. The van der Waals surface area contributed by atoms with Gasteiger partial charge < -0.3 is 15.0 Å². The lowest BCUT2D eigenvalue weighted by Crippen LogP contribution is -2.21. The highest BCUT2D eigenvalue weighted by Crippen LogP contribution is 2.11. The average Bonchev–Trinajstić information content (AvgIpc) is 2.76. The van der Waals surface area contributed by atoms with Crippen LogP contribution in [0, 0.1) is 0 Å². The summed E-state index contributed by atoms with van der Waals surface area (Å²) in [6, 6.07) is 5.97. The van der Waals surface area contributed by atoms with Crippen molar-refractivity contribution in [3.8, 4) is 0 Å². The van der Waals surface area contributed by atoms with Gasteiger partial charge in [-0.3, -0.25) is 4.79 Å². The minimum absolute atomic E-state index is 0.227. The van der Waals surface area contributed by atoms with Crippen LogP contribution in [-0.2, 0) is 16.0 Å². The molecular weight excluding hydrogens is 218 g/mol. The van der Waals surface area contributed by atoms with Gasteiger partial charge in [0.1, 0.15) is 0 Å². The van der Waals surface area contributed by atoms with Crippen molar-refractivity contribution in [3.63, 3.8) is 0 Å². The van der Waals surface area contributed by atoms with Gasteiger partial charge in [0.2, 0.25) is 0 Å². The molecule has 5 nitrogen and oxygen atoms in total. The van der Waals surface area contributed by atoms with E-state index in [4.69, 9.17) is 4.74 Å². The zero-order valence-corrected chi connectivity index (χ0v) is 9.69. The number of nitrogens with one attached hydrogen (secondary N) is 2. The van der Waals surface area contributed by atoms with E-state index >= 15 is 0 Å². The van der Waals surface area contributed by atoms with E-state index in [9.17, 15) is 4.79 Å². The minimum Gasteiger partial charge on any atom is -0.464 e. The van der Waals surface area contributed by atoms with Gasteiger partial charge in [-0.1, -0.05) is 6.07 Å². The molecule has 0 aliphatic heterocycles.